The second kappa shape index (κ2) is 5.79. The Bertz CT molecular complexity index is 649. The molecule has 3 nitrogen and oxygen atoms in total. The van der Waals surface area contributed by atoms with Gasteiger partial charge in [0, 0.05) is 0 Å². The van der Waals surface area contributed by atoms with Crippen molar-refractivity contribution in [2.24, 2.45) is 0 Å². The average Bonchev–Trinajstić information content (AvgIpc) is 2.76. The monoisotopic (exact) mass is 310 g/mol. The summed E-state index contributed by atoms with van der Waals surface area (Å²) in [6.07, 6.45) is -0.622. The molecule has 4 heteroatoms. The van der Waals surface area contributed by atoms with Crippen LogP contribution in [0.4, 0.5) is 0 Å². The van der Waals surface area contributed by atoms with Gasteiger partial charge in [-0.1, -0.05) is 54.6 Å². The van der Waals surface area contributed by atoms with E-state index in [0.717, 1.165) is 16.6 Å². The first-order chi connectivity index (χ1) is 10.8. The molecule has 1 aliphatic heterocycles. The van der Waals surface area contributed by atoms with Crippen molar-refractivity contribution < 1.29 is 14.4 Å². The van der Waals surface area contributed by atoms with Gasteiger partial charge in [-0.15, -0.1) is 0 Å². The van der Waals surface area contributed by atoms with E-state index >= 15 is 0 Å². The Morgan fingerprint density at radius 2 is 1.26 bits per heavy atom. The Labute approximate surface area is 138 Å². The van der Waals surface area contributed by atoms with Gasteiger partial charge in [-0.25, -0.2) is 0 Å². The standard InChI is InChI=1S/C19H23BO3/c1-18(2)19(3,4)23-20(22-18)16-12-10-15(11-13-16)17(21)14-8-6-5-7-9-14/h5-13,17,21H,1-4H3/t17-/m0/s1. The first-order valence-electron chi connectivity index (χ1n) is 7.99. The highest BCUT2D eigenvalue weighted by Crippen LogP contribution is 2.36. The topological polar surface area (TPSA) is 38.7 Å². The zero-order valence-corrected chi connectivity index (χ0v) is 14.1. The van der Waals surface area contributed by atoms with Crippen molar-refractivity contribution in [3.8, 4) is 0 Å². The number of aliphatic hydroxyl groups is 1. The van der Waals surface area contributed by atoms with Crippen molar-refractivity contribution in [1.82, 2.24) is 0 Å². The minimum atomic E-state index is -0.622. The van der Waals surface area contributed by atoms with Gasteiger partial charge in [-0.3, -0.25) is 0 Å². The summed E-state index contributed by atoms with van der Waals surface area (Å²) in [5.74, 6) is 0. The average molecular weight is 310 g/mol. The van der Waals surface area contributed by atoms with Gasteiger partial charge in [0.05, 0.1) is 11.2 Å². The maximum absolute atomic E-state index is 10.5. The van der Waals surface area contributed by atoms with E-state index in [1.165, 1.54) is 0 Å². The molecule has 1 heterocycles. The van der Waals surface area contributed by atoms with E-state index in [-0.39, 0.29) is 18.3 Å². The van der Waals surface area contributed by atoms with Gasteiger partial charge in [0.1, 0.15) is 6.10 Å². The van der Waals surface area contributed by atoms with Crippen LogP contribution in [0.15, 0.2) is 54.6 Å². The van der Waals surface area contributed by atoms with Crippen molar-refractivity contribution >= 4 is 12.6 Å². The summed E-state index contributed by atoms with van der Waals surface area (Å²) in [5, 5.41) is 10.5. The van der Waals surface area contributed by atoms with Crippen molar-refractivity contribution in [1.29, 1.82) is 0 Å². The molecule has 0 unspecified atom stereocenters. The van der Waals surface area contributed by atoms with E-state index in [9.17, 15) is 5.11 Å². The molecule has 0 spiro atoms. The molecule has 0 amide bonds. The Balaban J connectivity index is 1.78. The number of rotatable bonds is 3. The van der Waals surface area contributed by atoms with Crippen molar-refractivity contribution in [2.75, 3.05) is 0 Å². The van der Waals surface area contributed by atoms with Crippen LogP contribution in [0.1, 0.15) is 44.9 Å². The van der Waals surface area contributed by atoms with Gasteiger partial charge < -0.3 is 14.4 Å². The van der Waals surface area contributed by atoms with Crippen molar-refractivity contribution in [2.45, 2.75) is 45.0 Å². The lowest BCUT2D eigenvalue weighted by Crippen LogP contribution is -2.41. The quantitative estimate of drug-likeness (QED) is 0.886. The first kappa shape index (κ1) is 16.3. The number of benzene rings is 2. The molecule has 2 aromatic carbocycles. The lowest BCUT2D eigenvalue weighted by molar-refractivity contribution is 0.00578. The van der Waals surface area contributed by atoms with E-state index in [1.54, 1.807) is 0 Å². The highest BCUT2D eigenvalue weighted by Gasteiger charge is 2.51. The van der Waals surface area contributed by atoms with Gasteiger partial charge in [0.15, 0.2) is 0 Å². The van der Waals surface area contributed by atoms with E-state index in [2.05, 4.69) is 0 Å². The maximum atomic E-state index is 10.5. The molecular formula is C19H23BO3. The zero-order valence-electron chi connectivity index (χ0n) is 14.1. The molecule has 1 N–H and O–H groups in total. The van der Waals surface area contributed by atoms with E-state index < -0.39 is 6.10 Å². The van der Waals surface area contributed by atoms with Crippen LogP contribution in [0.3, 0.4) is 0 Å². The summed E-state index contributed by atoms with van der Waals surface area (Å²) in [5.41, 5.74) is 2.01. The summed E-state index contributed by atoms with van der Waals surface area (Å²) < 4.78 is 12.1. The van der Waals surface area contributed by atoms with Gasteiger partial charge >= 0.3 is 7.12 Å². The van der Waals surface area contributed by atoms with Crippen LogP contribution in [0, 0.1) is 0 Å². The van der Waals surface area contributed by atoms with Gasteiger partial charge in [0.25, 0.3) is 0 Å². The minimum Gasteiger partial charge on any atom is -0.399 e. The Hall–Kier alpha value is -1.62. The molecule has 1 saturated heterocycles. The van der Waals surface area contributed by atoms with Crippen LogP contribution >= 0.6 is 0 Å². The van der Waals surface area contributed by atoms with Crippen molar-refractivity contribution in [3.05, 3.63) is 65.7 Å². The van der Waals surface area contributed by atoms with Gasteiger partial charge in [-0.2, -0.15) is 0 Å². The van der Waals surface area contributed by atoms with Crippen molar-refractivity contribution in [3.63, 3.8) is 0 Å². The molecule has 2 aromatic rings. The second-order valence-corrected chi connectivity index (χ2v) is 7.07. The molecule has 0 radical (unpaired) electrons. The number of aliphatic hydroxyl groups excluding tert-OH is 1. The van der Waals surface area contributed by atoms with Crippen LogP contribution in [0.2, 0.25) is 0 Å². The zero-order chi connectivity index (χ0) is 16.7. The molecule has 120 valence electrons. The van der Waals surface area contributed by atoms with Gasteiger partial charge in [-0.05, 0) is 44.3 Å². The molecule has 0 saturated carbocycles. The van der Waals surface area contributed by atoms with E-state index in [4.69, 9.17) is 9.31 Å². The van der Waals surface area contributed by atoms with E-state index in [1.807, 2.05) is 82.3 Å². The summed E-state index contributed by atoms with van der Waals surface area (Å²) in [7, 11) is -0.372. The molecule has 3 rings (SSSR count). The minimum absolute atomic E-state index is 0.347. The molecular weight excluding hydrogens is 287 g/mol. The third-order valence-electron chi connectivity index (χ3n) is 4.89. The second-order valence-electron chi connectivity index (χ2n) is 7.07. The van der Waals surface area contributed by atoms with Crippen LogP contribution in [0.5, 0.6) is 0 Å². The highest BCUT2D eigenvalue weighted by atomic mass is 16.7. The summed E-state index contributed by atoms with van der Waals surface area (Å²) >= 11 is 0. The number of hydrogen-bond donors (Lipinski definition) is 1. The normalized spacial score (nSPS) is 20.5. The fourth-order valence-corrected chi connectivity index (χ4v) is 2.64. The third-order valence-corrected chi connectivity index (χ3v) is 4.89. The number of hydrogen-bond acceptors (Lipinski definition) is 3. The van der Waals surface area contributed by atoms with Gasteiger partial charge in [0.2, 0.25) is 0 Å². The molecule has 1 aliphatic rings. The fraction of sp³-hybridized carbons (Fsp3) is 0.368. The maximum Gasteiger partial charge on any atom is 0.494 e. The highest BCUT2D eigenvalue weighted by molar-refractivity contribution is 6.62. The smallest absolute Gasteiger partial charge is 0.399 e. The molecule has 1 atom stereocenters. The Morgan fingerprint density at radius 1 is 0.783 bits per heavy atom. The van der Waals surface area contributed by atoms with Crippen LogP contribution in [-0.2, 0) is 9.31 Å². The van der Waals surface area contributed by atoms with Crippen LogP contribution in [-0.4, -0.2) is 23.4 Å². The molecule has 0 aliphatic carbocycles. The van der Waals surface area contributed by atoms with Crippen LogP contribution in [0.25, 0.3) is 0 Å². The third kappa shape index (κ3) is 3.07. The Morgan fingerprint density at radius 3 is 1.78 bits per heavy atom. The molecule has 0 bridgehead atoms. The first-order valence-corrected chi connectivity index (χ1v) is 7.99. The molecule has 1 fully saturated rings. The predicted octanol–water partition coefficient (Wildman–Crippen LogP) is 3.07. The lowest BCUT2D eigenvalue weighted by Gasteiger charge is -2.32. The summed E-state index contributed by atoms with van der Waals surface area (Å²) in [4.78, 5) is 0. The van der Waals surface area contributed by atoms with Crippen LogP contribution < -0.4 is 5.46 Å². The fourth-order valence-electron chi connectivity index (χ4n) is 2.64. The van der Waals surface area contributed by atoms with E-state index in [0.29, 0.717) is 0 Å². The molecule has 23 heavy (non-hydrogen) atoms. The summed E-state index contributed by atoms with van der Waals surface area (Å²) in [6.45, 7) is 8.17. The largest absolute Gasteiger partial charge is 0.494 e. The predicted molar refractivity (Wildman–Crippen MR) is 92.7 cm³/mol. The Kier molecular flexibility index (Phi) is 4.09. The summed E-state index contributed by atoms with van der Waals surface area (Å²) in [6, 6.07) is 17.4. The lowest BCUT2D eigenvalue weighted by atomic mass is 9.78. The molecule has 0 aromatic heterocycles. The SMILES string of the molecule is CC1(C)OB(c2ccc([C@@H](O)c3ccccc3)cc2)OC1(C)C.